The normalized spacial score (nSPS) is 19.7. The molecule has 3 heteroatoms. The minimum absolute atomic E-state index is 0.0445. The van der Waals surface area contributed by atoms with Crippen molar-refractivity contribution in [2.75, 3.05) is 11.9 Å². The lowest BCUT2D eigenvalue weighted by molar-refractivity contribution is 0.170. The predicted octanol–water partition coefficient (Wildman–Crippen LogP) is 3.66. The molecule has 1 fully saturated rings. The highest BCUT2D eigenvalue weighted by Crippen LogP contribution is 2.20. The van der Waals surface area contributed by atoms with Gasteiger partial charge in [0, 0.05) is 18.3 Å². The fourth-order valence-corrected chi connectivity index (χ4v) is 2.54. The molecule has 1 atom stereocenters. The molecular weight excluding hydrogens is 224 g/mol. The minimum atomic E-state index is 0.0445. The van der Waals surface area contributed by atoms with E-state index in [4.69, 9.17) is 0 Å². The average Bonchev–Trinajstić information content (AvgIpc) is 2.39. The SMILES string of the molecule is CCc1ccccc1NC(=O)N1CCCCC1C. The molecule has 0 bridgehead atoms. The number of hydrogen-bond acceptors (Lipinski definition) is 1. The van der Waals surface area contributed by atoms with E-state index in [1.807, 2.05) is 23.1 Å². The van der Waals surface area contributed by atoms with Crippen LogP contribution in [0, 0.1) is 0 Å². The summed E-state index contributed by atoms with van der Waals surface area (Å²) >= 11 is 0. The second-order valence-corrected chi connectivity index (χ2v) is 4.98. The predicted molar refractivity (Wildman–Crippen MR) is 74.9 cm³/mol. The maximum atomic E-state index is 12.3. The first-order chi connectivity index (χ1) is 8.72. The number of para-hydroxylation sites is 1. The molecule has 1 saturated heterocycles. The summed E-state index contributed by atoms with van der Waals surface area (Å²) in [7, 11) is 0. The van der Waals surface area contributed by atoms with E-state index in [0.29, 0.717) is 6.04 Å². The zero-order chi connectivity index (χ0) is 13.0. The van der Waals surface area contributed by atoms with Gasteiger partial charge in [0.1, 0.15) is 0 Å². The molecule has 0 spiro atoms. The third-order valence-electron chi connectivity index (χ3n) is 3.70. The van der Waals surface area contributed by atoms with Crippen molar-refractivity contribution in [3.63, 3.8) is 0 Å². The Morgan fingerprint density at radius 3 is 2.89 bits per heavy atom. The van der Waals surface area contributed by atoms with Crippen LogP contribution in [0.25, 0.3) is 0 Å². The van der Waals surface area contributed by atoms with Gasteiger partial charge in [-0.05, 0) is 44.2 Å². The van der Waals surface area contributed by atoms with E-state index in [9.17, 15) is 4.79 Å². The maximum Gasteiger partial charge on any atom is 0.322 e. The number of urea groups is 1. The van der Waals surface area contributed by atoms with Crippen LogP contribution in [0.1, 0.15) is 38.7 Å². The number of carbonyl (C=O) groups excluding carboxylic acids is 1. The molecule has 0 saturated carbocycles. The number of amides is 2. The van der Waals surface area contributed by atoms with Crippen molar-refractivity contribution in [3.8, 4) is 0 Å². The third kappa shape index (κ3) is 2.84. The Bertz CT molecular complexity index is 417. The van der Waals surface area contributed by atoms with Crippen LogP contribution in [0.15, 0.2) is 24.3 Å². The number of aryl methyl sites for hydroxylation is 1. The molecule has 0 aliphatic carbocycles. The van der Waals surface area contributed by atoms with E-state index < -0.39 is 0 Å². The van der Waals surface area contributed by atoms with Gasteiger partial charge in [-0.3, -0.25) is 0 Å². The van der Waals surface area contributed by atoms with Gasteiger partial charge >= 0.3 is 6.03 Å². The molecule has 1 aliphatic rings. The second kappa shape index (κ2) is 5.89. The zero-order valence-corrected chi connectivity index (χ0v) is 11.3. The summed E-state index contributed by atoms with van der Waals surface area (Å²) in [6, 6.07) is 8.42. The van der Waals surface area contributed by atoms with Crippen LogP contribution in [0.2, 0.25) is 0 Å². The summed E-state index contributed by atoms with van der Waals surface area (Å²) in [5, 5.41) is 3.05. The smallest absolute Gasteiger partial charge is 0.322 e. The molecule has 2 rings (SSSR count). The van der Waals surface area contributed by atoms with Crippen molar-refractivity contribution in [1.29, 1.82) is 0 Å². The third-order valence-corrected chi connectivity index (χ3v) is 3.70. The number of hydrogen-bond donors (Lipinski definition) is 1. The number of rotatable bonds is 2. The molecule has 0 aromatic heterocycles. The van der Waals surface area contributed by atoms with Crippen molar-refractivity contribution in [3.05, 3.63) is 29.8 Å². The molecule has 1 unspecified atom stereocenters. The van der Waals surface area contributed by atoms with Gasteiger partial charge in [0.15, 0.2) is 0 Å². The standard InChI is InChI=1S/C15H22N2O/c1-3-13-9-4-5-10-14(13)16-15(18)17-11-7-6-8-12(17)2/h4-5,9-10,12H,3,6-8,11H2,1-2H3,(H,16,18). The number of nitrogens with one attached hydrogen (secondary N) is 1. The monoisotopic (exact) mass is 246 g/mol. The van der Waals surface area contributed by atoms with Gasteiger partial charge < -0.3 is 10.2 Å². The molecule has 1 heterocycles. The van der Waals surface area contributed by atoms with Crippen LogP contribution in [0.3, 0.4) is 0 Å². The van der Waals surface area contributed by atoms with Gasteiger partial charge in [-0.15, -0.1) is 0 Å². The van der Waals surface area contributed by atoms with Crippen LogP contribution < -0.4 is 5.32 Å². The summed E-state index contributed by atoms with van der Waals surface area (Å²) < 4.78 is 0. The Hall–Kier alpha value is -1.51. The number of likely N-dealkylation sites (tertiary alicyclic amines) is 1. The van der Waals surface area contributed by atoms with Gasteiger partial charge in [-0.1, -0.05) is 25.1 Å². The van der Waals surface area contributed by atoms with Crippen LogP contribution in [-0.2, 0) is 6.42 Å². The molecule has 3 nitrogen and oxygen atoms in total. The summed E-state index contributed by atoms with van der Waals surface area (Å²) in [6.07, 6.45) is 4.40. The fraction of sp³-hybridized carbons (Fsp3) is 0.533. The average molecular weight is 246 g/mol. The number of benzene rings is 1. The Morgan fingerprint density at radius 2 is 2.17 bits per heavy atom. The molecule has 1 aromatic rings. The summed E-state index contributed by atoms with van der Waals surface area (Å²) in [6.45, 7) is 5.11. The van der Waals surface area contributed by atoms with Crippen molar-refractivity contribution in [2.24, 2.45) is 0 Å². The summed E-state index contributed by atoms with van der Waals surface area (Å²) in [4.78, 5) is 14.2. The lowest BCUT2D eigenvalue weighted by Crippen LogP contribution is -2.44. The minimum Gasteiger partial charge on any atom is -0.322 e. The number of carbonyl (C=O) groups is 1. The van der Waals surface area contributed by atoms with Gasteiger partial charge in [0.05, 0.1) is 0 Å². The fourth-order valence-electron chi connectivity index (χ4n) is 2.54. The van der Waals surface area contributed by atoms with Crippen molar-refractivity contribution < 1.29 is 4.79 Å². The summed E-state index contributed by atoms with van der Waals surface area (Å²) in [5.74, 6) is 0. The topological polar surface area (TPSA) is 32.3 Å². The lowest BCUT2D eigenvalue weighted by Gasteiger charge is -2.33. The largest absolute Gasteiger partial charge is 0.322 e. The highest BCUT2D eigenvalue weighted by molar-refractivity contribution is 5.90. The van der Waals surface area contributed by atoms with Crippen molar-refractivity contribution in [1.82, 2.24) is 4.90 Å². The van der Waals surface area contributed by atoms with Gasteiger partial charge in [0.2, 0.25) is 0 Å². The Balaban J connectivity index is 2.06. The molecule has 1 aromatic carbocycles. The van der Waals surface area contributed by atoms with Crippen LogP contribution >= 0.6 is 0 Å². The highest BCUT2D eigenvalue weighted by Gasteiger charge is 2.23. The quantitative estimate of drug-likeness (QED) is 0.848. The molecule has 98 valence electrons. The molecular formula is C15H22N2O. The van der Waals surface area contributed by atoms with Crippen molar-refractivity contribution >= 4 is 11.7 Å². The first-order valence-electron chi connectivity index (χ1n) is 6.88. The van der Waals surface area contributed by atoms with Gasteiger partial charge in [-0.2, -0.15) is 0 Å². The number of piperidine rings is 1. The zero-order valence-electron chi connectivity index (χ0n) is 11.3. The second-order valence-electron chi connectivity index (χ2n) is 4.98. The van der Waals surface area contributed by atoms with Crippen LogP contribution in [0.5, 0.6) is 0 Å². The molecule has 0 radical (unpaired) electrons. The summed E-state index contributed by atoms with van der Waals surface area (Å²) in [5.41, 5.74) is 2.14. The van der Waals surface area contributed by atoms with E-state index >= 15 is 0 Å². The van der Waals surface area contributed by atoms with E-state index in [-0.39, 0.29) is 6.03 Å². The first-order valence-corrected chi connectivity index (χ1v) is 6.88. The van der Waals surface area contributed by atoms with Gasteiger partial charge in [0.25, 0.3) is 0 Å². The maximum absolute atomic E-state index is 12.3. The highest BCUT2D eigenvalue weighted by atomic mass is 16.2. The van der Waals surface area contributed by atoms with E-state index in [1.165, 1.54) is 12.0 Å². The molecule has 2 amide bonds. The van der Waals surface area contributed by atoms with E-state index in [2.05, 4.69) is 25.2 Å². The molecule has 1 N–H and O–H groups in total. The van der Waals surface area contributed by atoms with Crippen LogP contribution in [0.4, 0.5) is 10.5 Å². The van der Waals surface area contributed by atoms with E-state index in [0.717, 1.165) is 31.5 Å². The first kappa shape index (κ1) is 12.9. The van der Waals surface area contributed by atoms with E-state index in [1.54, 1.807) is 0 Å². The Kier molecular flexibility index (Phi) is 4.24. The van der Waals surface area contributed by atoms with Gasteiger partial charge in [-0.25, -0.2) is 4.79 Å². The molecule has 18 heavy (non-hydrogen) atoms. The Labute approximate surface area is 109 Å². The number of nitrogens with zero attached hydrogens (tertiary/aromatic N) is 1. The lowest BCUT2D eigenvalue weighted by atomic mass is 10.0. The molecule has 1 aliphatic heterocycles. The Morgan fingerprint density at radius 1 is 1.39 bits per heavy atom. The van der Waals surface area contributed by atoms with Crippen molar-refractivity contribution in [2.45, 2.75) is 45.6 Å². The number of anilines is 1. The van der Waals surface area contributed by atoms with Crippen LogP contribution in [-0.4, -0.2) is 23.5 Å².